The number of carbonyl (C=O) groups excluding carboxylic acids is 6. The SMILES string of the molecule is C[C@@H](O)[C@H](NC(=O)[C@@H](N)Cc1ccc(O)cc1)C(=O)N[C@@H](CO)C(=O)NCC(=O)N[C@@H](Cc1ccc(O)cc1)C(=O)N[C@@H](Cc1cnc[nH]1)C(=O)N[C@@H](CO)C(=O)O. The number of imidazole rings is 1. The second-order valence-electron chi connectivity index (χ2n) is 13.1. The first-order valence-corrected chi connectivity index (χ1v) is 17.7. The summed E-state index contributed by atoms with van der Waals surface area (Å²) < 4.78 is 0. The normalized spacial score (nSPS) is 14.6. The number of carboxylic acid groups (broad SMARTS) is 1. The van der Waals surface area contributed by atoms with Crippen LogP contribution in [0.25, 0.3) is 0 Å². The molecule has 58 heavy (non-hydrogen) atoms. The molecule has 0 radical (unpaired) electrons. The summed E-state index contributed by atoms with van der Waals surface area (Å²) in [6, 6.07) is 2.36. The lowest BCUT2D eigenvalue weighted by Gasteiger charge is -2.25. The summed E-state index contributed by atoms with van der Waals surface area (Å²) >= 11 is 0. The highest BCUT2D eigenvalue weighted by molar-refractivity contribution is 5.96. The Morgan fingerprint density at radius 2 is 1.19 bits per heavy atom. The first-order chi connectivity index (χ1) is 27.5. The van der Waals surface area contributed by atoms with E-state index in [2.05, 4.69) is 41.9 Å². The van der Waals surface area contributed by atoms with Gasteiger partial charge in [0.05, 0.1) is 38.2 Å². The van der Waals surface area contributed by atoms with Crippen LogP contribution in [-0.4, -0.2) is 144 Å². The summed E-state index contributed by atoms with van der Waals surface area (Å²) in [6.07, 6.45) is 0.750. The number of aromatic nitrogens is 2. The number of benzene rings is 2. The van der Waals surface area contributed by atoms with E-state index in [0.717, 1.165) is 0 Å². The maximum absolute atomic E-state index is 13.7. The van der Waals surface area contributed by atoms with Gasteiger partial charge >= 0.3 is 5.97 Å². The van der Waals surface area contributed by atoms with E-state index in [1.54, 1.807) is 0 Å². The molecule has 0 saturated carbocycles. The number of nitrogens with one attached hydrogen (secondary N) is 7. The van der Waals surface area contributed by atoms with E-state index in [9.17, 15) is 64.2 Å². The van der Waals surface area contributed by atoms with Gasteiger partial charge in [0.2, 0.25) is 35.4 Å². The molecule has 0 aliphatic carbocycles. The van der Waals surface area contributed by atoms with Crippen LogP contribution < -0.4 is 37.6 Å². The van der Waals surface area contributed by atoms with Crippen molar-refractivity contribution in [1.82, 2.24) is 41.9 Å². The molecule has 0 spiro atoms. The zero-order valence-electron chi connectivity index (χ0n) is 31.1. The predicted octanol–water partition coefficient (Wildman–Crippen LogP) is -4.83. The quantitative estimate of drug-likeness (QED) is 0.0453. The molecule has 2 aromatic carbocycles. The van der Waals surface area contributed by atoms with E-state index in [1.807, 2.05) is 0 Å². The number of aliphatic carboxylic acids is 1. The standard InChI is InChI=1S/C36H47N9O13/c1-18(48)30(45-31(52)24(37)10-19-2-6-22(49)7-3-19)35(56)43-27(15-46)32(53)39-14-29(51)41-25(11-20-4-8-23(50)9-5-20)33(54)42-26(12-21-13-38-17-40-21)34(55)44-28(16-47)36(57)58/h2-9,13,17-18,24-28,30,46-50H,10-12,14-16,37H2,1H3,(H,38,40)(H,39,53)(H,41,51)(H,42,54)(H,43,56)(H,44,55)(H,45,52)(H,57,58)/t18-,24+,25+,26+,27+,28+,30+/m1/s1. The lowest BCUT2D eigenvalue weighted by atomic mass is 10.0. The zero-order valence-corrected chi connectivity index (χ0v) is 31.1. The Balaban J connectivity index is 1.68. The highest BCUT2D eigenvalue weighted by atomic mass is 16.4. The number of H-pyrrole nitrogens is 1. The average Bonchev–Trinajstić information content (AvgIpc) is 3.70. The summed E-state index contributed by atoms with van der Waals surface area (Å²) in [4.78, 5) is 96.7. The molecule has 22 nitrogen and oxygen atoms in total. The number of carboxylic acids is 1. The summed E-state index contributed by atoms with van der Waals surface area (Å²) in [7, 11) is 0. The van der Waals surface area contributed by atoms with Gasteiger partial charge in [0, 0.05) is 24.7 Å². The second-order valence-corrected chi connectivity index (χ2v) is 13.1. The first kappa shape index (κ1) is 45.8. The molecule has 6 amide bonds. The topological polar surface area (TPSA) is 368 Å². The summed E-state index contributed by atoms with van der Waals surface area (Å²) in [6.45, 7) is -1.55. The molecule has 0 aliphatic rings. The van der Waals surface area contributed by atoms with Crippen molar-refractivity contribution in [2.45, 2.75) is 68.5 Å². The maximum atomic E-state index is 13.7. The molecular weight excluding hydrogens is 766 g/mol. The molecule has 0 bridgehead atoms. The minimum absolute atomic E-state index is 0.00214. The summed E-state index contributed by atoms with van der Waals surface area (Å²) in [5.41, 5.74) is 7.36. The van der Waals surface area contributed by atoms with Gasteiger partial charge in [-0.15, -0.1) is 0 Å². The van der Waals surface area contributed by atoms with Gasteiger partial charge in [-0.1, -0.05) is 24.3 Å². The van der Waals surface area contributed by atoms with Gasteiger partial charge in [-0.3, -0.25) is 28.8 Å². The Kier molecular flexibility index (Phi) is 17.5. The van der Waals surface area contributed by atoms with Crippen molar-refractivity contribution in [2.75, 3.05) is 19.8 Å². The molecule has 3 rings (SSSR count). The monoisotopic (exact) mass is 813 g/mol. The van der Waals surface area contributed by atoms with Crippen molar-refractivity contribution in [3.8, 4) is 11.5 Å². The second kappa shape index (κ2) is 22.2. The van der Waals surface area contributed by atoms with Crippen molar-refractivity contribution < 1.29 is 64.2 Å². The van der Waals surface area contributed by atoms with Crippen molar-refractivity contribution in [3.05, 3.63) is 77.9 Å². The molecule has 1 aromatic heterocycles. The molecule has 7 atom stereocenters. The summed E-state index contributed by atoms with van der Waals surface area (Å²) in [5, 5.41) is 71.7. The van der Waals surface area contributed by atoms with Crippen LogP contribution >= 0.6 is 0 Å². The number of aliphatic hydroxyl groups is 3. The molecule has 0 saturated heterocycles. The molecule has 0 fully saturated rings. The predicted molar refractivity (Wildman–Crippen MR) is 200 cm³/mol. The molecule has 0 unspecified atom stereocenters. The third-order valence-corrected chi connectivity index (χ3v) is 8.47. The van der Waals surface area contributed by atoms with Crippen molar-refractivity contribution in [1.29, 1.82) is 0 Å². The third-order valence-electron chi connectivity index (χ3n) is 8.47. The lowest BCUT2D eigenvalue weighted by Crippen LogP contribution is -2.60. The molecular formula is C36H47N9O13. The maximum Gasteiger partial charge on any atom is 0.328 e. The van der Waals surface area contributed by atoms with Crippen molar-refractivity contribution in [3.63, 3.8) is 0 Å². The number of aromatic amines is 1. The molecule has 3 aromatic rings. The first-order valence-electron chi connectivity index (χ1n) is 17.7. The number of hydrogen-bond acceptors (Lipinski definition) is 14. The molecule has 15 N–H and O–H groups in total. The fraction of sp³-hybridized carbons (Fsp3) is 0.389. The van der Waals surface area contributed by atoms with Crippen LogP contribution in [0.4, 0.5) is 0 Å². The van der Waals surface area contributed by atoms with E-state index >= 15 is 0 Å². The third kappa shape index (κ3) is 14.5. The van der Waals surface area contributed by atoms with Crippen LogP contribution in [0.15, 0.2) is 61.1 Å². The van der Waals surface area contributed by atoms with Crippen LogP contribution in [-0.2, 0) is 52.8 Å². The van der Waals surface area contributed by atoms with Crippen LogP contribution in [0.2, 0.25) is 0 Å². The lowest BCUT2D eigenvalue weighted by molar-refractivity contribution is -0.143. The fourth-order valence-electron chi connectivity index (χ4n) is 5.27. The molecule has 1 heterocycles. The van der Waals surface area contributed by atoms with E-state index in [-0.39, 0.29) is 30.8 Å². The highest BCUT2D eigenvalue weighted by Crippen LogP contribution is 2.13. The molecule has 0 aliphatic heterocycles. The summed E-state index contributed by atoms with van der Waals surface area (Å²) in [5.74, 6) is -7.48. The largest absolute Gasteiger partial charge is 0.508 e. The van der Waals surface area contributed by atoms with Gasteiger partial charge in [0.25, 0.3) is 0 Å². The molecule has 314 valence electrons. The van der Waals surface area contributed by atoms with Crippen molar-refractivity contribution in [2.24, 2.45) is 5.73 Å². The number of phenols is 2. The van der Waals surface area contributed by atoms with Crippen molar-refractivity contribution >= 4 is 41.4 Å². The van der Waals surface area contributed by atoms with Gasteiger partial charge in [-0.2, -0.15) is 0 Å². The Bertz CT molecular complexity index is 1860. The zero-order chi connectivity index (χ0) is 42.9. The Labute approximate surface area is 330 Å². The molecule has 22 heteroatoms. The minimum Gasteiger partial charge on any atom is -0.508 e. The average molecular weight is 814 g/mol. The van der Waals surface area contributed by atoms with Gasteiger partial charge in [-0.25, -0.2) is 9.78 Å². The Morgan fingerprint density at radius 1 is 0.672 bits per heavy atom. The smallest absolute Gasteiger partial charge is 0.328 e. The number of amides is 6. The Morgan fingerprint density at radius 3 is 1.69 bits per heavy atom. The number of aliphatic hydroxyl groups excluding tert-OH is 3. The fourth-order valence-corrected chi connectivity index (χ4v) is 5.27. The van der Waals surface area contributed by atoms with Crippen LogP contribution in [0.3, 0.4) is 0 Å². The number of nitrogens with zero attached hydrogens (tertiary/aromatic N) is 1. The van der Waals surface area contributed by atoms with Gasteiger partial charge < -0.3 is 73.3 Å². The van der Waals surface area contributed by atoms with Crippen LogP contribution in [0.5, 0.6) is 11.5 Å². The van der Waals surface area contributed by atoms with Gasteiger partial charge in [0.15, 0.2) is 0 Å². The van der Waals surface area contributed by atoms with Crippen LogP contribution in [0, 0.1) is 0 Å². The number of nitrogens with two attached hydrogens (primary N) is 1. The van der Waals surface area contributed by atoms with Gasteiger partial charge in [-0.05, 0) is 48.7 Å². The van der Waals surface area contributed by atoms with Crippen LogP contribution in [0.1, 0.15) is 23.7 Å². The van der Waals surface area contributed by atoms with E-state index in [1.165, 1.54) is 68.0 Å². The Hall–Kier alpha value is -6.62. The number of hydrogen-bond donors (Lipinski definition) is 14. The number of rotatable bonds is 22. The number of carbonyl (C=O) groups is 7. The van der Waals surface area contributed by atoms with E-state index in [4.69, 9.17) is 5.73 Å². The highest BCUT2D eigenvalue weighted by Gasteiger charge is 2.33. The van der Waals surface area contributed by atoms with E-state index in [0.29, 0.717) is 16.8 Å². The van der Waals surface area contributed by atoms with Gasteiger partial charge in [0.1, 0.15) is 41.7 Å². The van der Waals surface area contributed by atoms with E-state index < -0.39 is 104 Å². The number of phenolic OH excluding ortho intramolecular Hbond substituents is 2. The minimum atomic E-state index is -1.70. The number of aromatic hydroxyl groups is 2.